The van der Waals surface area contributed by atoms with Crippen molar-refractivity contribution in [3.63, 3.8) is 0 Å². The molecule has 1 aromatic rings. The highest BCUT2D eigenvalue weighted by atomic mass is 79.9. The molecule has 1 aliphatic rings. The SMILES string of the molecule is Fc1ccc(Br)cc1OC1(CBr)CC1. The summed E-state index contributed by atoms with van der Waals surface area (Å²) in [5.41, 5.74) is -0.165. The highest BCUT2D eigenvalue weighted by molar-refractivity contribution is 9.10. The molecule has 0 radical (unpaired) electrons. The Morgan fingerprint density at radius 3 is 2.71 bits per heavy atom. The lowest BCUT2D eigenvalue weighted by Crippen LogP contribution is -2.20. The van der Waals surface area contributed by atoms with Gasteiger partial charge in [0.15, 0.2) is 11.6 Å². The topological polar surface area (TPSA) is 9.23 Å². The number of ether oxygens (including phenoxy) is 1. The largest absolute Gasteiger partial charge is 0.483 e. The second-order valence-electron chi connectivity index (χ2n) is 3.49. The van der Waals surface area contributed by atoms with Crippen LogP contribution >= 0.6 is 31.9 Å². The normalized spacial score (nSPS) is 17.9. The van der Waals surface area contributed by atoms with Gasteiger partial charge in [0.05, 0.1) is 0 Å². The molecule has 14 heavy (non-hydrogen) atoms. The molecular formula is C10H9Br2FO. The van der Waals surface area contributed by atoms with E-state index in [0.29, 0.717) is 5.75 Å². The molecule has 0 unspecified atom stereocenters. The third kappa shape index (κ3) is 2.11. The molecule has 4 heteroatoms. The van der Waals surface area contributed by atoms with Crippen molar-refractivity contribution in [1.29, 1.82) is 0 Å². The van der Waals surface area contributed by atoms with Crippen LogP contribution in [-0.4, -0.2) is 10.9 Å². The van der Waals surface area contributed by atoms with Crippen LogP contribution in [0.1, 0.15) is 12.8 Å². The van der Waals surface area contributed by atoms with Gasteiger partial charge >= 0.3 is 0 Å². The van der Waals surface area contributed by atoms with E-state index < -0.39 is 0 Å². The monoisotopic (exact) mass is 322 g/mol. The molecule has 0 amide bonds. The van der Waals surface area contributed by atoms with Gasteiger partial charge in [-0.3, -0.25) is 0 Å². The fourth-order valence-corrected chi connectivity index (χ4v) is 2.21. The minimum Gasteiger partial charge on any atom is -0.483 e. The molecule has 1 saturated carbocycles. The Balaban J connectivity index is 2.20. The summed E-state index contributed by atoms with van der Waals surface area (Å²) in [5.74, 6) is 0.0248. The van der Waals surface area contributed by atoms with Gasteiger partial charge < -0.3 is 4.74 Å². The van der Waals surface area contributed by atoms with Gasteiger partial charge in [0.2, 0.25) is 0 Å². The van der Waals surface area contributed by atoms with Gasteiger partial charge in [0.1, 0.15) is 5.60 Å². The van der Waals surface area contributed by atoms with Crippen LogP contribution in [0.25, 0.3) is 0 Å². The van der Waals surface area contributed by atoms with E-state index in [1.165, 1.54) is 6.07 Å². The van der Waals surface area contributed by atoms with Crippen LogP contribution in [-0.2, 0) is 0 Å². The van der Waals surface area contributed by atoms with Gasteiger partial charge in [0.25, 0.3) is 0 Å². The number of benzene rings is 1. The van der Waals surface area contributed by atoms with Crippen molar-refractivity contribution in [2.45, 2.75) is 18.4 Å². The van der Waals surface area contributed by atoms with Crippen molar-refractivity contribution in [2.75, 3.05) is 5.33 Å². The second-order valence-corrected chi connectivity index (χ2v) is 4.97. The fourth-order valence-electron chi connectivity index (χ4n) is 1.19. The summed E-state index contributed by atoms with van der Waals surface area (Å²) >= 11 is 6.66. The van der Waals surface area contributed by atoms with Crippen molar-refractivity contribution in [2.24, 2.45) is 0 Å². The first-order valence-electron chi connectivity index (χ1n) is 4.35. The van der Waals surface area contributed by atoms with Crippen LogP contribution in [0, 0.1) is 5.82 Å². The van der Waals surface area contributed by atoms with E-state index >= 15 is 0 Å². The quantitative estimate of drug-likeness (QED) is 0.767. The molecular weight excluding hydrogens is 315 g/mol. The zero-order valence-electron chi connectivity index (χ0n) is 7.40. The third-order valence-corrected chi connectivity index (χ3v) is 3.79. The molecule has 1 aliphatic carbocycles. The maximum Gasteiger partial charge on any atom is 0.165 e. The van der Waals surface area contributed by atoms with E-state index in [0.717, 1.165) is 22.6 Å². The summed E-state index contributed by atoms with van der Waals surface area (Å²) < 4.78 is 19.8. The zero-order chi connectivity index (χ0) is 10.2. The summed E-state index contributed by atoms with van der Waals surface area (Å²) in [6.45, 7) is 0. The van der Waals surface area contributed by atoms with Gasteiger partial charge in [-0.15, -0.1) is 0 Å². The average molecular weight is 324 g/mol. The molecule has 0 spiro atoms. The van der Waals surface area contributed by atoms with Gasteiger partial charge in [-0.05, 0) is 31.0 Å². The van der Waals surface area contributed by atoms with E-state index in [4.69, 9.17) is 4.74 Å². The predicted molar refractivity (Wildman–Crippen MR) is 60.5 cm³/mol. The fraction of sp³-hybridized carbons (Fsp3) is 0.400. The number of halogens is 3. The Bertz CT molecular complexity index is 350. The first kappa shape index (κ1) is 10.4. The molecule has 1 nitrogen and oxygen atoms in total. The highest BCUT2D eigenvalue weighted by Crippen LogP contribution is 2.42. The van der Waals surface area contributed by atoms with E-state index in [-0.39, 0.29) is 11.4 Å². The van der Waals surface area contributed by atoms with E-state index in [9.17, 15) is 4.39 Å². The maximum atomic E-state index is 13.3. The summed E-state index contributed by atoms with van der Waals surface area (Å²) in [5, 5.41) is 0.756. The smallest absolute Gasteiger partial charge is 0.165 e. The van der Waals surface area contributed by atoms with Crippen LogP contribution in [0.3, 0.4) is 0 Å². The lowest BCUT2D eigenvalue weighted by atomic mass is 10.3. The minimum absolute atomic E-state index is 0.165. The van der Waals surface area contributed by atoms with Crippen molar-refractivity contribution < 1.29 is 9.13 Å². The van der Waals surface area contributed by atoms with Crippen LogP contribution < -0.4 is 4.74 Å². The summed E-state index contributed by atoms with van der Waals surface area (Å²) in [6, 6.07) is 4.73. The van der Waals surface area contributed by atoms with Crippen LogP contribution in [0.15, 0.2) is 22.7 Å². The molecule has 0 atom stereocenters. The first-order chi connectivity index (χ1) is 6.65. The van der Waals surface area contributed by atoms with E-state index in [1.807, 2.05) is 0 Å². The second kappa shape index (κ2) is 3.81. The van der Waals surface area contributed by atoms with E-state index in [2.05, 4.69) is 31.9 Å². The highest BCUT2D eigenvalue weighted by Gasteiger charge is 2.44. The van der Waals surface area contributed by atoms with Gasteiger partial charge in [-0.25, -0.2) is 4.39 Å². The first-order valence-corrected chi connectivity index (χ1v) is 6.27. The number of hydrogen-bond donors (Lipinski definition) is 0. The minimum atomic E-state index is -0.305. The Kier molecular flexibility index (Phi) is 2.84. The molecule has 1 aromatic carbocycles. The van der Waals surface area contributed by atoms with Gasteiger partial charge in [-0.2, -0.15) is 0 Å². The summed E-state index contributed by atoms with van der Waals surface area (Å²) in [6.07, 6.45) is 1.98. The number of hydrogen-bond acceptors (Lipinski definition) is 1. The third-order valence-electron chi connectivity index (χ3n) is 2.27. The molecule has 0 bridgehead atoms. The van der Waals surface area contributed by atoms with Crippen molar-refractivity contribution in [3.8, 4) is 5.75 Å². The van der Waals surface area contributed by atoms with Crippen LogP contribution in [0.5, 0.6) is 5.75 Å². The number of alkyl halides is 1. The van der Waals surface area contributed by atoms with Crippen molar-refractivity contribution in [3.05, 3.63) is 28.5 Å². The standard InChI is InChI=1S/C10H9Br2FO/c11-6-10(3-4-10)14-9-5-7(12)1-2-8(9)13/h1-2,5H,3-4,6H2. The Labute approximate surface area is 98.9 Å². The Morgan fingerprint density at radius 1 is 1.43 bits per heavy atom. The van der Waals surface area contributed by atoms with Crippen molar-refractivity contribution in [1.82, 2.24) is 0 Å². The van der Waals surface area contributed by atoms with Gasteiger partial charge in [0, 0.05) is 9.80 Å². The predicted octanol–water partition coefficient (Wildman–Crippen LogP) is 3.89. The molecule has 1 fully saturated rings. The van der Waals surface area contributed by atoms with E-state index in [1.54, 1.807) is 12.1 Å². The van der Waals surface area contributed by atoms with Crippen LogP contribution in [0.2, 0.25) is 0 Å². The molecule has 0 aromatic heterocycles. The maximum absolute atomic E-state index is 13.3. The molecule has 0 N–H and O–H groups in total. The molecule has 0 saturated heterocycles. The Morgan fingerprint density at radius 2 is 2.14 bits per heavy atom. The van der Waals surface area contributed by atoms with Crippen molar-refractivity contribution >= 4 is 31.9 Å². The molecule has 0 aliphatic heterocycles. The summed E-state index contributed by atoms with van der Waals surface area (Å²) in [4.78, 5) is 0. The van der Waals surface area contributed by atoms with Crippen LogP contribution in [0.4, 0.5) is 4.39 Å². The summed E-state index contributed by atoms with van der Waals surface area (Å²) in [7, 11) is 0. The lowest BCUT2D eigenvalue weighted by molar-refractivity contribution is 0.197. The average Bonchev–Trinajstić information content (AvgIpc) is 2.92. The zero-order valence-corrected chi connectivity index (χ0v) is 10.6. The molecule has 2 rings (SSSR count). The Hall–Kier alpha value is -0.0900. The molecule has 76 valence electrons. The lowest BCUT2D eigenvalue weighted by Gasteiger charge is -2.15. The molecule has 0 heterocycles. The van der Waals surface area contributed by atoms with Gasteiger partial charge in [-0.1, -0.05) is 31.9 Å². The number of rotatable bonds is 3.